The van der Waals surface area contributed by atoms with E-state index in [4.69, 9.17) is 0 Å². The molecular formula is C24H37NiOP. The standard InChI is InChI=1S/C23H33OP.CH3.Ni/c1-22(2,3)25(23(4,5)6)17-20(18-13-9-7-10-14-18)21(24)19-15-11-8-12-16-19;;/h7-16,20-21,24H,17H2,1-6H3;1H3;/q;-1;/p+1. The van der Waals surface area contributed by atoms with E-state index < -0.39 is 14.0 Å². The van der Waals surface area contributed by atoms with Crippen LogP contribution in [0.4, 0.5) is 0 Å². The van der Waals surface area contributed by atoms with E-state index in [0.29, 0.717) is 0 Å². The van der Waals surface area contributed by atoms with Crippen LogP contribution in [0, 0.1) is 7.43 Å². The third-order valence-electron chi connectivity index (χ3n) is 4.98. The maximum Gasteiger partial charge on any atom is 0.0893 e. The molecule has 0 aromatic heterocycles. The number of rotatable bonds is 5. The van der Waals surface area contributed by atoms with E-state index in [0.717, 1.165) is 11.7 Å². The first-order valence-electron chi connectivity index (χ1n) is 9.25. The molecule has 0 aliphatic heterocycles. The summed E-state index contributed by atoms with van der Waals surface area (Å²) in [7, 11) is -0.733. The molecule has 0 aliphatic rings. The molecule has 0 fully saturated rings. The number of hydrogen-bond acceptors (Lipinski definition) is 1. The van der Waals surface area contributed by atoms with Crippen molar-refractivity contribution < 1.29 is 21.6 Å². The molecule has 2 aromatic carbocycles. The molecule has 1 N–H and O–H groups in total. The molecule has 27 heavy (non-hydrogen) atoms. The van der Waals surface area contributed by atoms with Crippen molar-refractivity contribution in [2.45, 2.75) is 63.9 Å². The molecule has 0 radical (unpaired) electrons. The van der Waals surface area contributed by atoms with Gasteiger partial charge in [0.15, 0.2) is 0 Å². The molecule has 0 bridgehead atoms. The Morgan fingerprint density at radius 1 is 0.741 bits per heavy atom. The molecule has 0 spiro atoms. The normalized spacial score (nSPS) is 14.1. The van der Waals surface area contributed by atoms with E-state index in [-0.39, 0.29) is 40.1 Å². The van der Waals surface area contributed by atoms with Crippen molar-refractivity contribution in [2.75, 3.05) is 6.16 Å². The minimum absolute atomic E-state index is 0. The molecule has 0 heterocycles. The second kappa shape index (κ2) is 10.8. The molecule has 3 heteroatoms. The Bertz CT molecular complexity index is 630. The first kappa shape index (κ1) is 26.3. The van der Waals surface area contributed by atoms with Crippen LogP contribution in [0.2, 0.25) is 0 Å². The van der Waals surface area contributed by atoms with Gasteiger partial charge < -0.3 is 12.5 Å². The molecule has 2 atom stereocenters. The van der Waals surface area contributed by atoms with Crippen molar-refractivity contribution in [3.05, 3.63) is 79.2 Å². The summed E-state index contributed by atoms with van der Waals surface area (Å²) in [5.74, 6) is 0.135. The van der Waals surface area contributed by atoms with Gasteiger partial charge >= 0.3 is 0 Å². The summed E-state index contributed by atoms with van der Waals surface area (Å²) >= 11 is 0. The zero-order valence-corrected chi connectivity index (χ0v) is 19.9. The largest absolute Gasteiger partial charge is 0.388 e. The Kier molecular flexibility index (Phi) is 10.5. The van der Waals surface area contributed by atoms with E-state index in [1.54, 1.807) is 0 Å². The average Bonchev–Trinajstić information content (AvgIpc) is 2.54. The van der Waals surface area contributed by atoms with Crippen molar-refractivity contribution in [3.63, 3.8) is 0 Å². The van der Waals surface area contributed by atoms with Crippen LogP contribution < -0.4 is 0 Å². The van der Waals surface area contributed by atoms with Gasteiger partial charge in [-0.05, 0) is 52.7 Å². The third-order valence-corrected chi connectivity index (χ3v) is 9.45. The average molecular weight is 431 g/mol. The second-order valence-electron chi connectivity index (χ2n) is 9.06. The first-order valence-corrected chi connectivity index (χ1v) is 11.0. The van der Waals surface area contributed by atoms with Gasteiger partial charge in [-0.15, -0.1) is 0 Å². The summed E-state index contributed by atoms with van der Waals surface area (Å²) in [6.07, 6.45) is 0.603. The van der Waals surface area contributed by atoms with Crippen LogP contribution in [-0.2, 0) is 16.5 Å². The van der Waals surface area contributed by atoms with Gasteiger partial charge in [0, 0.05) is 30.3 Å². The van der Waals surface area contributed by atoms with Crippen LogP contribution in [0.15, 0.2) is 60.7 Å². The van der Waals surface area contributed by atoms with E-state index in [1.165, 1.54) is 5.56 Å². The van der Waals surface area contributed by atoms with Crippen LogP contribution in [0.3, 0.4) is 0 Å². The van der Waals surface area contributed by atoms with Crippen molar-refractivity contribution in [1.82, 2.24) is 0 Å². The maximum absolute atomic E-state index is 11.2. The van der Waals surface area contributed by atoms with Gasteiger partial charge in [0.2, 0.25) is 0 Å². The van der Waals surface area contributed by atoms with Crippen LogP contribution in [0.25, 0.3) is 0 Å². The molecule has 1 nitrogen and oxygen atoms in total. The summed E-state index contributed by atoms with van der Waals surface area (Å²) in [5, 5.41) is 11.8. The van der Waals surface area contributed by atoms with E-state index in [1.807, 2.05) is 30.3 Å². The summed E-state index contributed by atoms with van der Waals surface area (Å²) < 4.78 is 0. The van der Waals surface area contributed by atoms with Gasteiger partial charge in [0.25, 0.3) is 0 Å². The van der Waals surface area contributed by atoms with Gasteiger partial charge in [-0.2, -0.15) is 0 Å². The molecule has 154 valence electrons. The molecule has 0 amide bonds. The van der Waals surface area contributed by atoms with Gasteiger partial charge in [0.1, 0.15) is 0 Å². The fourth-order valence-electron chi connectivity index (χ4n) is 3.95. The second-order valence-corrected chi connectivity index (χ2v) is 13.4. The molecule has 2 rings (SSSR count). The van der Waals surface area contributed by atoms with Gasteiger partial charge in [-0.1, -0.05) is 60.7 Å². The number of aliphatic hydroxyl groups excluding tert-OH is 1. The zero-order valence-electron chi connectivity index (χ0n) is 17.9. The fourth-order valence-corrected chi connectivity index (χ4v) is 8.33. The van der Waals surface area contributed by atoms with E-state index in [9.17, 15) is 5.11 Å². The predicted molar refractivity (Wildman–Crippen MR) is 120 cm³/mol. The first-order chi connectivity index (χ1) is 11.6. The van der Waals surface area contributed by atoms with E-state index >= 15 is 0 Å². The van der Waals surface area contributed by atoms with Crippen LogP contribution in [0.1, 0.15) is 64.7 Å². The molecule has 2 unspecified atom stereocenters. The van der Waals surface area contributed by atoms with Crippen molar-refractivity contribution in [1.29, 1.82) is 0 Å². The topological polar surface area (TPSA) is 20.2 Å². The van der Waals surface area contributed by atoms with Crippen molar-refractivity contribution in [2.24, 2.45) is 0 Å². The third kappa shape index (κ3) is 7.34. The van der Waals surface area contributed by atoms with Crippen LogP contribution >= 0.6 is 7.92 Å². The van der Waals surface area contributed by atoms with E-state index in [2.05, 4.69) is 71.9 Å². The summed E-state index contributed by atoms with van der Waals surface area (Å²) in [5.41, 5.74) is 2.26. The summed E-state index contributed by atoms with van der Waals surface area (Å²) in [6, 6.07) is 20.7. The SMILES string of the molecule is CC(C)(C)[PH+](CC(c1ccccc1)C(O)c1ccccc1)C(C)(C)C.[CH3-].[Ni]. The quantitative estimate of drug-likeness (QED) is 0.315. The molecule has 0 saturated heterocycles. The minimum Gasteiger partial charge on any atom is -0.388 e. The number of benzene rings is 2. The summed E-state index contributed by atoms with van der Waals surface area (Å²) in [4.78, 5) is 0. The van der Waals surface area contributed by atoms with Crippen molar-refractivity contribution >= 4 is 7.92 Å². The summed E-state index contributed by atoms with van der Waals surface area (Å²) in [6.45, 7) is 14.2. The number of aliphatic hydroxyl groups is 1. The Morgan fingerprint density at radius 3 is 1.48 bits per heavy atom. The molecule has 0 saturated carbocycles. The van der Waals surface area contributed by atoms with Gasteiger partial charge in [0.05, 0.1) is 22.6 Å². The molecule has 0 aliphatic carbocycles. The minimum atomic E-state index is -0.733. The Labute approximate surface area is 178 Å². The van der Waals surface area contributed by atoms with Crippen molar-refractivity contribution in [3.8, 4) is 0 Å². The predicted octanol–water partition coefficient (Wildman–Crippen LogP) is 6.76. The van der Waals surface area contributed by atoms with Gasteiger partial charge in [-0.3, -0.25) is 0 Å². The van der Waals surface area contributed by atoms with Crippen LogP contribution in [0.5, 0.6) is 0 Å². The zero-order chi connectivity index (χ0) is 18.7. The maximum atomic E-state index is 11.2. The van der Waals surface area contributed by atoms with Crippen LogP contribution in [-0.4, -0.2) is 21.6 Å². The Balaban J connectivity index is 0.00000338. The van der Waals surface area contributed by atoms with Gasteiger partial charge in [-0.25, -0.2) is 0 Å². The Morgan fingerprint density at radius 2 is 1.11 bits per heavy atom. The molecular weight excluding hydrogens is 394 g/mol. The number of hydrogen-bond donors (Lipinski definition) is 1. The fraction of sp³-hybridized carbons (Fsp3) is 0.458. The monoisotopic (exact) mass is 430 g/mol. The Hall–Kier alpha value is -0.676. The smallest absolute Gasteiger partial charge is 0.0893 e. The molecule has 2 aromatic rings.